The Bertz CT molecular complexity index is 1000. The number of aliphatic hydroxyl groups excluding tert-OH is 1. The molecule has 0 spiro atoms. The van der Waals surface area contributed by atoms with Crippen LogP contribution in [0.2, 0.25) is 0 Å². The molecule has 3 atom stereocenters. The highest BCUT2D eigenvalue weighted by molar-refractivity contribution is 5.92. The summed E-state index contributed by atoms with van der Waals surface area (Å²) in [6.45, 7) is 5.52. The molecule has 2 aromatic rings. The molecule has 1 aliphatic rings. The summed E-state index contributed by atoms with van der Waals surface area (Å²) in [4.78, 5) is 12.7. The minimum absolute atomic E-state index is 0.0668. The first kappa shape index (κ1) is 23.9. The molecule has 0 aliphatic heterocycles. The van der Waals surface area contributed by atoms with E-state index in [0.717, 1.165) is 11.1 Å². The smallest absolute Gasteiger partial charge is 0.407 e. The summed E-state index contributed by atoms with van der Waals surface area (Å²) in [5, 5.41) is 15.8. The van der Waals surface area contributed by atoms with Crippen LogP contribution in [0, 0.1) is 0 Å². The highest BCUT2D eigenvalue weighted by atomic mass is 19.4. The molecule has 0 fully saturated rings. The first-order valence-electron chi connectivity index (χ1n) is 10.2. The van der Waals surface area contributed by atoms with Crippen LogP contribution in [0.5, 0.6) is 5.75 Å². The quantitative estimate of drug-likeness (QED) is 0.556. The number of ether oxygens (including phenoxy) is 1. The zero-order valence-electron chi connectivity index (χ0n) is 18.4. The van der Waals surface area contributed by atoms with Crippen molar-refractivity contribution < 1.29 is 27.8 Å². The zero-order valence-corrected chi connectivity index (χ0v) is 18.4. The van der Waals surface area contributed by atoms with Crippen LogP contribution in [0.3, 0.4) is 0 Å². The second-order valence-corrected chi connectivity index (χ2v) is 8.97. The average molecular weight is 451 g/mol. The standard InChI is InChI=1S/C23H28F3N3O3/c1-22(2,3)13-10-15(20(27)23(24,25)26)19(32-4)17(11-13)29-21(31)28-16-9-12-7-5-6-8-14(12)18(16)30/h5-8,10-11,16,18,20,30H,9,27H2,1-4H3,(H2,28,29,31)/t16-,18+,20+/m1/s1. The fourth-order valence-electron chi connectivity index (χ4n) is 3.84. The molecule has 174 valence electrons. The molecule has 0 aromatic heterocycles. The number of aliphatic hydroxyl groups is 1. The number of urea groups is 1. The lowest BCUT2D eigenvalue weighted by Crippen LogP contribution is -2.40. The summed E-state index contributed by atoms with van der Waals surface area (Å²) in [6, 6.07) is 6.73. The SMILES string of the molecule is COc1c(NC(=O)N[C@@H]2Cc3ccccc3[C@@H]2O)cc(C(C)(C)C)cc1[C@H](N)C(F)(F)F. The van der Waals surface area contributed by atoms with Gasteiger partial charge in [-0.05, 0) is 40.7 Å². The highest BCUT2D eigenvalue weighted by Crippen LogP contribution is 2.42. The van der Waals surface area contributed by atoms with Gasteiger partial charge in [0.25, 0.3) is 0 Å². The number of carbonyl (C=O) groups excluding carboxylic acids is 1. The third-order valence-corrected chi connectivity index (χ3v) is 5.63. The second-order valence-electron chi connectivity index (χ2n) is 8.97. The molecule has 0 bridgehead atoms. The summed E-state index contributed by atoms with van der Waals surface area (Å²) < 4.78 is 45.5. The van der Waals surface area contributed by atoms with Crippen LogP contribution in [0.25, 0.3) is 0 Å². The summed E-state index contributed by atoms with van der Waals surface area (Å²) in [6.07, 6.45) is -5.13. The van der Waals surface area contributed by atoms with Crippen molar-refractivity contribution in [2.45, 2.75) is 57.0 Å². The first-order valence-corrected chi connectivity index (χ1v) is 10.2. The Kier molecular flexibility index (Phi) is 6.44. The van der Waals surface area contributed by atoms with Gasteiger partial charge in [-0.15, -0.1) is 0 Å². The number of halogens is 3. The third-order valence-electron chi connectivity index (χ3n) is 5.63. The molecule has 6 nitrogen and oxygen atoms in total. The molecule has 0 saturated heterocycles. The summed E-state index contributed by atoms with van der Waals surface area (Å²) >= 11 is 0. The Hall–Kier alpha value is -2.78. The lowest BCUT2D eigenvalue weighted by molar-refractivity contribution is -0.149. The minimum Gasteiger partial charge on any atom is -0.494 e. The summed E-state index contributed by atoms with van der Waals surface area (Å²) in [5.41, 5.74) is 7.00. The van der Waals surface area contributed by atoms with Crippen molar-refractivity contribution in [3.8, 4) is 5.75 Å². The normalized spacial score (nSPS) is 19.3. The van der Waals surface area contributed by atoms with Gasteiger partial charge in [-0.2, -0.15) is 13.2 Å². The molecule has 3 rings (SSSR count). The molecule has 1 aliphatic carbocycles. The van der Waals surface area contributed by atoms with Crippen LogP contribution in [0.4, 0.5) is 23.7 Å². The van der Waals surface area contributed by atoms with Gasteiger partial charge < -0.3 is 26.2 Å². The molecule has 2 aromatic carbocycles. The molecule has 2 amide bonds. The molecule has 5 N–H and O–H groups in total. The topological polar surface area (TPSA) is 96.6 Å². The number of anilines is 1. The number of hydrogen-bond acceptors (Lipinski definition) is 4. The monoisotopic (exact) mass is 451 g/mol. The number of methoxy groups -OCH3 is 1. The van der Waals surface area contributed by atoms with Crippen molar-refractivity contribution >= 4 is 11.7 Å². The first-order chi connectivity index (χ1) is 14.8. The third kappa shape index (κ3) is 4.83. The van der Waals surface area contributed by atoms with Gasteiger partial charge in [0.15, 0.2) is 0 Å². The Morgan fingerprint density at radius 3 is 2.44 bits per heavy atom. The molecule has 0 heterocycles. The maximum Gasteiger partial charge on any atom is 0.407 e. The van der Waals surface area contributed by atoms with Gasteiger partial charge in [-0.1, -0.05) is 45.0 Å². The van der Waals surface area contributed by atoms with Crippen molar-refractivity contribution in [3.63, 3.8) is 0 Å². The van der Waals surface area contributed by atoms with E-state index in [4.69, 9.17) is 10.5 Å². The fraction of sp³-hybridized carbons (Fsp3) is 0.435. The molecule has 9 heteroatoms. The van der Waals surface area contributed by atoms with E-state index in [1.807, 2.05) is 32.9 Å². The zero-order chi connectivity index (χ0) is 23.8. The van der Waals surface area contributed by atoms with E-state index < -0.39 is 35.8 Å². The van der Waals surface area contributed by atoms with E-state index in [1.165, 1.54) is 13.2 Å². The van der Waals surface area contributed by atoms with E-state index in [1.54, 1.807) is 18.2 Å². The van der Waals surface area contributed by atoms with Gasteiger partial charge in [0.05, 0.1) is 24.9 Å². The Morgan fingerprint density at radius 2 is 1.88 bits per heavy atom. The van der Waals surface area contributed by atoms with Crippen molar-refractivity contribution in [1.82, 2.24) is 5.32 Å². The number of nitrogens with one attached hydrogen (secondary N) is 2. The fourth-order valence-corrected chi connectivity index (χ4v) is 3.84. The second kappa shape index (κ2) is 8.63. The predicted octanol–water partition coefficient (Wildman–Crippen LogP) is 4.33. The maximum absolute atomic E-state index is 13.4. The van der Waals surface area contributed by atoms with Gasteiger partial charge in [0.2, 0.25) is 0 Å². The van der Waals surface area contributed by atoms with Crippen LogP contribution in [-0.2, 0) is 11.8 Å². The lowest BCUT2D eigenvalue weighted by Gasteiger charge is -2.27. The van der Waals surface area contributed by atoms with Crippen LogP contribution in [0.15, 0.2) is 36.4 Å². The Morgan fingerprint density at radius 1 is 1.22 bits per heavy atom. The minimum atomic E-state index is -4.69. The van der Waals surface area contributed by atoms with Gasteiger partial charge in [0, 0.05) is 5.56 Å². The van der Waals surface area contributed by atoms with Crippen molar-refractivity contribution in [3.05, 3.63) is 58.7 Å². The number of amides is 2. The molecule has 0 saturated carbocycles. The van der Waals surface area contributed by atoms with E-state index in [2.05, 4.69) is 10.6 Å². The molecule has 32 heavy (non-hydrogen) atoms. The molecule has 0 unspecified atom stereocenters. The average Bonchev–Trinajstić information content (AvgIpc) is 3.01. The van der Waals surface area contributed by atoms with E-state index in [-0.39, 0.29) is 17.0 Å². The van der Waals surface area contributed by atoms with Gasteiger partial charge >= 0.3 is 12.2 Å². The summed E-state index contributed by atoms with van der Waals surface area (Å²) in [5.74, 6) is -0.159. The number of rotatable bonds is 4. The van der Waals surface area contributed by atoms with Crippen LogP contribution < -0.4 is 21.1 Å². The van der Waals surface area contributed by atoms with Crippen molar-refractivity contribution in [1.29, 1.82) is 0 Å². The van der Waals surface area contributed by atoms with Gasteiger partial charge in [0.1, 0.15) is 11.8 Å². The van der Waals surface area contributed by atoms with E-state index in [9.17, 15) is 23.1 Å². The maximum atomic E-state index is 13.4. The molecular formula is C23H28F3N3O3. The van der Waals surface area contributed by atoms with Gasteiger partial charge in [-0.3, -0.25) is 0 Å². The van der Waals surface area contributed by atoms with Gasteiger partial charge in [-0.25, -0.2) is 4.79 Å². The number of nitrogens with two attached hydrogens (primary N) is 1. The van der Waals surface area contributed by atoms with Crippen LogP contribution in [0.1, 0.15) is 55.2 Å². The number of alkyl halides is 3. The van der Waals surface area contributed by atoms with Crippen molar-refractivity contribution in [2.75, 3.05) is 12.4 Å². The lowest BCUT2D eigenvalue weighted by atomic mass is 9.84. The number of fused-ring (bicyclic) bond motifs is 1. The number of hydrogen-bond donors (Lipinski definition) is 4. The van der Waals surface area contributed by atoms with Crippen LogP contribution in [-0.4, -0.2) is 30.5 Å². The van der Waals surface area contributed by atoms with Crippen LogP contribution >= 0.6 is 0 Å². The molecule has 0 radical (unpaired) electrons. The molecular weight excluding hydrogens is 423 g/mol. The highest BCUT2D eigenvalue weighted by Gasteiger charge is 2.41. The van der Waals surface area contributed by atoms with E-state index >= 15 is 0 Å². The number of benzene rings is 2. The van der Waals surface area contributed by atoms with E-state index in [0.29, 0.717) is 12.0 Å². The van der Waals surface area contributed by atoms with Crippen molar-refractivity contribution in [2.24, 2.45) is 5.73 Å². The number of carbonyl (C=O) groups is 1. The summed E-state index contributed by atoms with van der Waals surface area (Å²) in [7, 11) is 1.22. The predicted molar refractivity (Wildman–Crippen MR) is 116 cm³/mol. The Labute approximate surface area is 185 Å². The Balaban J connectivity index is 1.90. The largest absolute Gasteiger partial charge is 0.494 e.